The third-order valence-corrected chi connectivity index (χ3v) is 3.21. The van der Waals surface area contributed by atoms with Gasteiger partial charge in [-0.15, -0.1) is 0 Å². The van der Waals surface area contributed by atoms with Crippen LogP contribution >= 0.6 is 0 Å². The first-order valence-corrected chi connectivity index (χ1v) is 6.29. The zero-order valence-electron chi connectivity index (χ0n) is 10.9. The van der Waals surface area contributed by atoms with E-state index in [1.54, 1.807) is 4.90 Å². The van der Waals surface area contributed by atoms with Gasteiger partial charge in [0.05, 0.1) is 6.04 Å². The van der Waals surface area contributed by atoms with E-state index in [0.717, 1.165) is 13.0 Å². The molecule has 5 nitrogen and oxygen atoms in total. The van der Waals surface area contributed by atoms with E-state index in [9.17, 15) is 9.59 Å². The van der Waals surface area contributed by atoms with Gasteiger partial charge in [0.2, 0.25) is 11.8 Å². The summed E-state index contributed by atoms with van der Waals surface area (Å²) in [4.78, 5) is 25.0. The molecule has 0 aromatic heterocycles. The fourth-order valence-electron chi connectivity index (χ4n) is 1.93. The molecule has 5 heteroatoms. The van der Waals surface area contributed by atoms with Crippen LogP contribution in [0.1, 0.15) is 33.6 Å². The summed E-state index contributed by atoms with van der Waals surface area (Å²) in [5.74, 6) is 0.162. The van der Waals surface area contributed by atoms with Gasteiger partial charge in [0.15, 0.2) is 0 Å². The average Bonchev–Trinajstić information content (AvgIpc) is 2.75. The van der Waals surface area contributed by atoms with Crippen LogP contribution in [0.2, 0.25) is 0 Å². The van der Waals surface area contributed by atoms with E-state index < -0.39 is 6.04 Å². The van der Waals surface area contributed by atoms with Crippen molar-refractivity contribution in [3.05, 3.63) is 0 Å². The highest BCUT2D eigenvalue weighted by atomic mass is 16.2. The molecule has 0 aliphatic carbocycles. The first kappa shape index (κ1) is 14.0. The van der Waals surface area contributed by atoms with Crippen molar-refractivity contribution in [3.63, 3.8) is 0 Å². The Bertz CT molecular complexity index is 291. The Kier molecular flexibility index (Phi) is 4.93. The molecule has 17 heavy (non-hydrogen) atoms. The van der Waals surface area contributed by atoms with Crippen molar-refractivity contribution in [2.75, 3.05) is 13.1 Å². The molecule has 0 aromatic rings. The molecule has 1 unspecified atom stereocenters. The van der Waals surface area contributed by atoms with Crippen LogP contribution in [0.3, 0.4) is 0 Å². The molecular formula is C12H23N3O2. The maximum Gasteiger partial charge on any atom is 0.237 e. The SMILES string of the molecule is CCC(=O)N1CCC(NC(=O)[C@@H](N)C(C)C)C1. The fourth-order valence-corrected chi connectivity index (χ4v) is 1.93. The molecule has 98 valence electrons. The molecule has 2 atom stereocenters. The minimum Gasteiger partial charge on any atom is -0.350 e. The van der Waals surface area contributed by atoms with Crippen molar-refractivity contribution in [1.29, 1.82) is 0 Å². The molecule has 0 saturated carbocycles. The molecule has 1 heterocycles. The molecule has 1 saturated heterocycles. The van der Waals surface area contributed by atoms with Gasteiger partial charge in [0.1, 0.15) is 0 Å². The van der Waals surface area contributed by atoms with Gasteiger partial charge in [0, 0.05) is 25.6 Å². The van der Waals surface area contributed by atoms with Crippen LogP contribution in [0.15, 0.2) is 0 Å². The van der Waals surface area contributed by atoms with Crippen molar-refractivity contribution < 1.29 is 9.59 Å². The molecule has 0 spiro atoms. The fraction of sp³-hybridized carbons (Fsp3) is 0.833. The smallest absolute Gasteiger partial charge is 0.237 e. The average molecular weight is 241 g/mol. The molecule has 0 radical (unpaired) electrons. The van der Waals surface area contributed by atoms with Crippen LogP contribution in [0.4, 0.5) is 0 Å². The number of rotatable bonds is 4. The second-order valence-corrected chi connectivity index (χ2v) is 4.96. The van der Waals surface area contributed by atoms with Gasteiger partial charge in [-0.1, -0.05) is 20.8 Å². The lowest BCUT2D eigenvalue weighted by Gasteiger charge is -2.20. The molecule has 1 aliphatic rings. The molecule has 2 amide bonds. The number of nitrogens with zero attached hydrogens (tertiary/aromatic N) is 1. The molecule has 0 aromatic carbocycles. The minimum absolute atomic E-state index is 0.0581. The van der Waals surface area contributed by atoms with Crippen molar-refractivity contribution in [2.45, 2.75) is 45.7 Å². The van der Waals surface area contributed by atoms with Crippen LogP contribution in [0.5, 0.6) is 0 Å². The number of carbonyl (C=O) groups is 2. The van der Waals surface area contributed by atoms with Gasteiger partial charge in [-0.3, -0.25) is 9.59 Å². The van der Waals surface area contributed by atoms with Gasteiger partial charge >= 0.3 is 0 Å². The Balaban J connectivity index is 2.40. The summed E-state index contributed by atoms with van der Waals surface area (Å²) < 4.78 is 0. The third-order valence-electron chi connectivity index (χ3n) is 3.21. The number of carbonyl (C=O) groups excluding carboxylic acids is 2. The minimum atomic E-state index is -0.467. The standard InChI is InChI=1S/C12H23N3O2/c1-4-10(16)15-6-5-9(7-15)14-12(17)11(13)8(2)3/h8-9,11H,4-7,13H2,1-3H3,(H,14,17)/t9?,11-/m0/s1. The number of hydrogen-bond donors (Lipinski definition) is 2. The number of nitrogens with one attached hydrogen (secondary N) is 1. The largest absolute Gasteiger partial charge is 0.350 e. The van der Waals surface area contributed by atoms with Crippen LogP contribution in [-0.4, -0.2) is 41.9 Å². The lowest BCUT2D eigenvalue weighted by molar-refractivity contribution is -0.130. The number of amides is 2. The molecular weight excluding hydrogens is 218 g/mol. The van der Waals surface area contributed by atoms with Gasteiger partial charge in [-0.25, -0.2) is 0 Å². The highest BCUT2D eigenvalue weighted by Crippen LogP contribution is 2.11. The van der Waals surface area contributed by atoms with Crippen LogP contribution in [-0.2, 0) is 9.59 Å². The molecule has 3 N–H and O–H groups in total. The zero-order valence-corrected chi connectivity index (χ0v) is 10.9. The van der Waals surface area contributed by atoms with Crippen molar-refractivity contribution in [2.24, 2.45) is 11.7 Å². The highest BCUT2D eigenvalue weighted by molar-refractivity contribution is 5.82. The summed E-state index contributed by atoms with van der Waals surface area (Å²) in [6.07, 6.45) is 1.34. The predicted molar refractivity (Wildman–Crippen MR) is 66.2 cm³/mol. The second kappa shape index (κ2) is 6.00. The lowest BCUT2D eigenvalue weighted by Crippen LogP contribution is -2.48. The van der Waals surface area contributed by atoms with E-state index in [-0.39, 0.29) is 23.8 Å². The van der Waals surface area contributed by atoms with Crippen LogP contribution in [0, 0.1) is 5.92 Å². The van der Waals surface area contributed by atoms with E-state index in [4.69, 9.17) is 5.73 Å². The van der Waals surface area contributed by atoms with Crippen molar-refractivity contribution >= 4 is 11.8 Å². The molecule has 1 aliphatic heterocycles. The summed E-state index contributed by atoms with van der Waals surface area (Å²) in [6.45, 7) is 7.04. The van der Waals surface area contributed by atoms with E-state index in [0.29, 0.717) is 13.0 Å². The number of nitrogens with two attached hydrogens (primary N) is 1. The maximum absolute atomic E-state index is 11.7. The Labute approximate surface area is 103 Å². The molecule has 0 bridgehead atoms. The van der Waals surface area contributed by atoms with E-state index >= 15 is 0 Å². The summed E-state index contributed by atoms with van der Waals surface area (Å²) in [7, 11) is 0. The van der Waals surface area contributed by atoms with Crippen molar-refractivity contribution in [3.8, 4) is 0 Å². The second-order valence-electron chi connectivity index (χ2n) is 4.96. The zero-order chi connectivity index (χ0) is 13.0. The lowest BCUT2D eigenvalue weighted by atomic mass is 10.0. The summed E-state index contributed by atoms with van der Waals surface area (Å²) in [5, 5.41) is 2.91. The van der Waals surface area contributed by atoms with E-state index in [1.165, 1.54) is 0 Å². The first-order valence-electron chi connectivity index (χ1n) is 6.29. The predicted octanol–water partition coefficient (Wildman–Crippen LogP) is 0.0968. The number of hydrogen-bond acceptors (Lipinski definition) is 3. The third kappa shape index (κ3) is 3.70. The molecule has 1 rings (SSSR count). The van der Waals surface area contributed by atoms with Gasteiger partial charge in [-0.05, 0) is 12.3 Å². The monoisotopic (exact) mass is 241 g/mol. The van der Waals surface area contributed by atoms with Gasteiger partial charge < -0.3 is 16.0 Å². The summed E-state index contributed by atoms with van der Waals surface area (Å²) in [5.41, 5.74) is 5.77. The van der Waals surface area contributed by atoms with E-state index in [2.05, 4.69) is 5.32 Å². The van der Waals surface area contributed by atoms with Crippen LogP contribution < -0.4 is 11.1 Å². The highest BCUT2D eigenvalue weighted by Gasteiger charge is 2.28. The number of likely N-dealkylation sites (tertiary alicyclic amines) is 1. The normalized spacial score (nSPS) is 21.7. The van der Waals surface area contributed by atoms with Crippen LogP contribution in [0.25, 0.3) is 0 Å². The van der Waals surface area contributed by atoms with E-state index in [1.807, 2.05) is 20.8 Å². The summed E-state index contributed by atoms with van der Waals surface area (Å²) in [6, 6.07) is -0.409. The Morgan fingerprint density at radius 1 is 1.47 bits per heavy atom. The molecule has 1 fully saturated rings. The summed E-state index contributed by atoms with van der Waals surface area (Å²) >= 11 is 0. The quantitative estimate of drug-likeness (QED) is 0.733. The van der Waals surface area contributed by atoms with Gasteiger partial charge in [0.25, 0.3) is 0 Å². The van der Waals surface area contributed by atoms with Crippen molar-refractivity contribution in [1.82, 2.24) is 10.2 Å². The maximum atomic E-state index is 11.7. The Morgan fingerprint density at radius 3 is 2.65 bits per heavy atom. The topological polar surface area (TPSA) is 75.4 Å². The van der Waals surface area contributed by atoms with Gasteiger partial charge in [-0.2, -0.15) is 0 Å². The Hall–Kier alpha value is -1.10. The first-order chi connectivity index (χ1) is 7.95. The Morgan fingerprint density at radius 2 is 2.12 bits per heavy atom.